The Morgan fingerprint density at radius 3 is 2.87 bits per heavy atom. The largest absolute Gasteiger partial charge is 0.384 e. The number of aromatic nitrogens is 1. The molecule has 0 amide bonds. The molecule has 0 aromatic carbocycles. The van der Waals surface area contributed by atoms with Crippen LogP contribution in [0.1, 0.15) is 11.1 Å². The molecule has 0 unspecified atom stereocenters. The third kappa shape index (κ3) is 2.50. The number of rotatable bonds is 0. The SMILES string of the molecule is Nc1cc(C#Cc2ccsc2Cl)ccn1. The molecule has 0 atom stereocenters. The van der Waals surface area contributed by atoms with Crippen LogP contribution in [0.25, 0.3) is 0 Å². The van der Waals surface area contributed by atoms with Gasteiger partial charge in [-0.1, -0.05) is 23.4 Å². The second-order valence-electron chi connectivity index (χ2n) is 2.83. The van der Waals surface area contributed by atoms with Gasteiger partial charge in [0.05, 0.1) is 5.56 Å². The van der Waals surface area contributed by atoms with Gasteiger partial charge in [0.15, 0.2) is 0 Å². The van der Waals surface area contributed by atoms with Crippen molar-refractivity contribution in [2.45, 2.75) is 0 Å². The van der Waals surface area contributed by atoms with Crippen LogP contribution in [0.15, 0.2) is 29.8 Å². The summed E-state index contributed by atoms with van der Waals surface area (Å²) in [6.45, 7) is 0. The lowest BCUT2D eigenvalue weighted by molar-refractivity contribution is 1.33. The van der Waals surface area contributed by atoms with Crippen LogP contribution < -0.4 is 5.73 Å². The van der Waals surface area contributed by atoms with E-state index in [9.17, 15) is 0 Å². The average Bonchev–Trinajstić information content (AvgIpc) is 2.61. The molecule has 2 aromatic rings. The molecular formula is C11H7ClN2S. The van der Waals surface area contributed by atoms with Crippen LogP contribution in [0.5, 0.6) is 0 Å². The summed E-state index contributed by atoms with van der Waals surface area (Å²) in [5, 5.41) is 1.91. The van der Waals surface area contributed by atoms with Crippen LogP contribution in [0.4, 0.5) is 5.82 Å². The highest BCUT2D eigenvalue weighted by Crippen LogP contribution is 2.21. The quantitative estimate of drug-likeness (QED) is 0.712. The molecule has 0 fully saturated rings. The van der Waals surface area contributed by atoms with E-state index in [1.165, 1.54) is 11.3 Å². The van der Waals surface area contributed by atoms with E-state index in [1.54, 1.807) is 12.3 Å². The molecule has 2 N–H and O–H groups in total. The molecule has 0 saturated heterocycles. The fourth-order valence-corrected chi connectivity index (χ4v) is 1.88. The molecule has 0 aliphatic carbocycles. The van der Waals surface area contributed by atoms with Crippen molar-refractivity contribution in [1.82, 2.24) is 4.98 Å². The fourth-order valence-electron chi connectivity index (χ4n) is 1.05. The maximum Gasteiger partial charge on any atom is 0.124 e. The van der Waals surface area contributed by atoms with Gasteiger partial charge in [-0.25, -0.2) is 4.98 Å². The van der Waals surface area contributed by atoms with Crippen molar-refractivity contribution in [3.05, 3.63) is 45.2 Å². The summed E-state index contributed by atoms with van der Waals surface area (Å²) in [6, 6.07) is 5.43. The summed E-state index contributed by atoms with van der Waals surface area (Å²) in [7, 11) is 0. The van der Waals surface area contributed by atoms with E-state index in [4.69, 9.17) is 17.3 Å². The molecule has 0 saturated carbocycles. The van der Waals surface area contributed by atoms with Gasteiger partial charge in [-0.05, 0) is 23.6 Å². The summed E-state index contributed by atoms with van der Waals surface area (Å²) in [6.07, 6.45) is 1.63. The Bertz CT molecular complexity index is 537. The smallest absolute Gasteiger partial charge is 0.124 e. The molecule has 0 radical (unpaired) electrons. The molecular weight excluding hydrogens is 228 g/mol. The van der Waals surface area contributed by atoms with Crippen LogP contribution in [-0.2, 0) is 0 Å². The van der Waals surface area contributed by atoms with E-state index in [0.717, 1.165) is 11.1 Å². The van der Waals surface area contributed by atoms with Crippen LogP contribution in [-0.4, -0.2) is 4.98 Å². The van der Waals surface area contributed by atoms with E-state index in [-0.39, 0.29) is 0 Å². The molecule has 74 valence electrons. The Kier molecular flexibility index (Phi) is 2.91. The molecule has 2 heterocycles. The van der Waals surface area contributed by atoms with Gasteiger partial charge in [0, 0.05) is 11.8 Å². The van der Waals surface area contributed by atoms with Gasteiger partial charge in [-0.15, -0.1) is 11.3 Å². The van der Waals surface area contributed by atoms with Crippen molar-refractivity contribution in [2.24, 2.45) is 0 Å². The van der Waals surface area contributed by atoms with Gasteiger partial charge in [-0.3, -0.25) is 0 Å². The summed E-state index contributed by atoms with van der Waals surface area (Å²) in [5.41, 5.74) is 7.22. The van der Waals surface area contributed by atoms with E-state index in [1.807, 2.05) is 17.5 Å². The Balaban J connectivity index is 2.30. The molecule has 2 nitrogen and oxygen atoms in total. The lowest BCUT2D eigenvalue weighted by Gasteiger charge is -1.91. The van der Waals surface area contributed by atoms with E-state index in [2.05, 4.69) is 16.8 Å². The minimum absolute atomic E-state index is 0.471. The number of hydrogen-bond donors (Lipinski definition) is 1. The van der Waals surface area contributed by atoms with Crippen LogP contribution in [0, 0.1) is 11.8 Å². The van der Waals surface area contributed by atoms with Gasteiger partial charge in [-0.2, -0.15) is 0 Å². The zero-order chi connectivity index (χ0) is 10.7. The summed E-state index contributed by atoms with van der Waals surface area (Å²) >= 11 is 7.38. The first kappa shape index (κ1) is 10.0. The van der Waals surface area contributed by atoms with E-state index >= 15 is 0 Å². The average molecular weight is 235 g/mol. The highest BCUT2D eigenvalue weighted by molar-refractivity contribution is 7.14. The van der Waals surface area contributed by atoms with Gasteiger partial charge >= 0.3 is 0 Å². The van der Waals surface area contributed by atoms with Crippen molar-refractivity contribution in [2.75, 3.05) is 5.73 Å². The summed E-state index contributed by atoms with van der Waals surface area (Å²) in [5.74, 6) is 6.43. The normalized spacial score (nSPS) is 9.40. The van der Waals surface area contributed by atoms with Crippen molar-refractivity contribution in [3.8, 4) is 11.8 Å². The van der Waals surface area contributed by atoms with Crippen molar-refractivity contribution < 1.29 is 0 Å². The molecule has 2 aromatic heterocycles. The fraction of sp³-hybridized carbons (Fsp3) is 0. The molecule has 15 heavy (non-hydrogen) atoms. The van der Waals surface area contributed by atoms with Crippen LogP contribution in [0.2, 0.25) is 4.34 Å². The second-order valence-corrected chi connectivity index (χ2v) is 4.35. The number of halogens is 1. The van der Waals surface area contributed by atoms with Gasteiger partial charge in [0.25, 0.3) is 0 Å². The zero-order valence-electron chi connectivity index (χ0n) is 7.70. The van der Waals surface area contributed by atoms with Gasteiger partial charge < -0.3 is 5.73 Å². The lowest BCUT2D eigenvalue weighted by atomic mass is 10.2. The maximum absolute atomic E-state index is 5.92. The molecule has 4 heteroatoms. The third-order valence-corrected chi connectivity index (χ3v) is 2.91. The Morgan fingerprint density at radius 2 is 2.20 bits per heavy atom. The summed E-state index contributed by atoms with van der Waals surface area (Å²) in [4.78, 5) is 3.89. The number of thiophene rings is 1. The highest BCUT2D eigenvalue weighted by Gasteiger charge is 1.96. The minimum Gasteiger partial charge on any atom is -0.384 e. The van der Waals surface area contributed by atoms with Crippen molar-refractivity contribution in [1.29, 1.82) is 0 Å². The maximum atomic E-state index is 5.92. The molecule has 2 rings (SSSR count). The number of nitrogens with zero attached hydrogens (tertiary/aromatic N) is 1. The predicted octanol–water partition coefficient (Wildman–Crippen LogP) is 2.78. The molecule has 0 spiro atoms. The first-order valence-electron chi connectivity index (χ1n) is 4.22. The highest BCUT2D eigenvalue weighted by atomic mass is 35.5. The number of nitrogens with two attached hydrogens (primary N) is 1. The first-order valence-corrected chi connectivity index (χ1v) is 5.48. The molecule has 0 aliphatic heterocycles. The number of pyridine rings is 1. The topological polar surface area (TPSA) is 38.9 Å². The minimum atomic E-state index is 0.471. The Morgan fingerprint density at radius 1 is 1.33 bits per heavy atom. The van der Waals surface area contributed by atoms with E-state index in [0.29, 0.717) is 10.2 Å². The molecule has 0 bridgehead atoms. The van der Waals surface area contributed by atoms with Gasteiger partial charge in [0.1, 0.15) is 10.2 Å². The second kappa shape index (κ2) is 4.35. The zero-order valence-corrected chi connectivity index (χ0v) is 9.27. The monoisotopic (exact) mass is 234 g/mol. The number of anilines is 1. The van der Waals surface area contributed by atoms with Crippen LogP contribution >= 0.6 is 22.9 Å². The Labute approximate surface area is 96.7 Å². The van der Waals surface area contributed by atoms with Crippen molar-refractivity contribution in [3.63, 3.8) is 0 Å². The predicted molar refractivity (Wildman–Crippen MR) is 64.0 cm³/mol. The molecule has 0 aliphatic rings. The van der Waals surface area contributed by atoms with Crippen molar-refractivity contribution >= 4 is 28.8 Å². The summed E-state index contributed by atoms with van der Waals surface area (Å²) < 4.78 is 0.713. The standard InChI is InChI=1S/C11H7ClN2S/c12-11-9(4-6-15-11)2-1-8-3-5-14-10(13)7-8/h3-7H,(H2,13,14). The first-order chi connectivity index (χ1) is 7.25. The lowest BCUT2D eigenvalue weighted by Crippen LogP contribution is -1.88. The number of hydrogen-bond acceptors (Lipinski definition) is 3. The van der Waals surface area contributed by atoms with E-state index < -0.39 is 0 Å². The van der Waals surface area contributed by atoms with Gasteiger partial charge in [0.2, 0.25) is 0 Å². The number of nitrogen functional groups attached to an aromatic ring is 1. The third-order valence-electron chi connectivity index (χ3n) is 1.74. The van der Waals surface area contributed by atoms with Crippen LogP contribution in [0.3, 0.4) is 0 Å². The Hall–Kier alpha value is -1.50.